The van der Waals surface area contributed by atoms with Crippen molar-refractivity contribution in [1.82, 2.24) is 14.7 Å². The third-order valence-corrected chi connectivity index (χ3v) is 3.44. The van der Waals surface area contributed by atoms with Crippen LogP contribution in [0.3, 0.4) is 0 Å². The Kier molecular flexibility index (Phi) is 2.40. The summed E-state index contributed by atoms with van der Waals surface area (Å²) < 4.78 is 2.15. The summed E-state index contributed by atoms with van der Waals surface area (Å²) in [6.07, 6.45) is 6.67. The second-order valence-corrected chi connectivity index (χ2v) is 4.83. The fourth-order valence-electron chi connectivity index (χ4n) is 2.43. The second kappa shape index (κ2) is 3.91. The molecule has 0 bridgehead atoms. The van der Waals surface area contributed by atoms with Crippen LogP contribution in [0.25, 0.3) is 5.65 Å². The molecule has 84 valence electrons. The minimum Gasteiger partial charge on any atom is -0.308 e. The molecule has 1 N–H and O–H groups in total. The van der Waals surface area contributed by atoms with Gasteiger partial charge in [-0.05, 0) is 30.9 Å². The van der Waals surface area contributed by atoms with E-state index >= 15 is 0 Å². The Morgan fingerprint density at radius 2 is 2.31 bits per heavy atom. The highest BCUT2D eigenvalue weighted by molar-refractivity contribution is 5.39. The minimum absolute atomic E-state index is 0.712. The highest BCUT2D eigenvalue weighted by Gasteiger charge is 2.24. The van der Waals surface area contributed by atoms with Crippen molar-refractivity contribution in [2.24, 2.45) is 5.92 Å². The molecular weight excluding hydrogens is 198 g/mol. The third-order valence-electron chi connectivity index (χ3n) is 3.44. The van der Waals surface area contributed by atoms with Gasteiger partial charge in [0, 0.05) is 18.8 Å². The largest absolute Gasteiger partial charge is 0.308 e. The Hall–Kier alpha value is -1.35. The Labute approximate surface area is 95.5 Å². The Morgan fingerprint density at radius 1 is 1.44 bits per heavy atom. The summed E-state index contributed by atoms with van der Waals surface area (Å²) in [5.74, 6) is 0.902. The van der Waals surface area contributed by atoms with Crippen LogP contribution in [0.5, 0.6) is 0 Å². The summed E-state index contributed by atoms with van der Waals surface area (Å²) in [6.45, 7) is 3.23. The first kappa shape index (κ1) is 9.85. The van der Waals surface area contributed by atoms with E-state index in [-0.39, 0.29) is 0 Å². The summed E-state index contributed by atoms with van der Waals surface area (Å²) in [7, 11) is 0. The van der Waals surface area contributed by atoms with E-state index in [0.29, 0.717) is 6.04 Å². The number of aromatic nitrogens is 2. The maximum absolute atomic E-state index is 4.38. The van der Waals surface area contributed by atoms with Gasteiger partial charge >= 0.3 is 0 Å². The van der Waals surface area contributed by atoms with Crippen molar-refractivity contribution in [3.63, 3.8) is 0 Å². The highest BCUT2D eigenvalue weighted by Crippen LogP contribution is 2.26. The first-order chi connectivity index (χ1) is 7.83. The van der Waals surface area contributed by atoms with Gasteiger partial charge in [0.25, 0.3) is 0 Å². The van der Waals surface area contributed by atoms with Crippen molar-refractivity contribution in [2.45, 2.75) is 32.4 Å². The maximum atomic E-state index is 4.38. The highest BCUT2D eigenvalue weighted by atomic mass is 15.0. The van der Waals surface area contributed by atoms with Gasteiger partial charge in [0.05, 0.1) is 11.9 Å². The third kappa shape index (κ3) is 1.71. The van der Waals surface area contributed by atoms with Crippen molar-refractivity contribution >= 4 is 5.65 Å². The van der Waals surface area contributed by atoms with Crippen molar-refractivity contribution in [3.05, 3.63) is 36.3 Å². The fraction of sp³-hybridized carbons (Fsp3) is 0.462. The number of imidazole rings is 1. The number of pyridine rings is 1. The summed E-state index contributed by atoms with van der Waals surface area (Å²) in [5, 5.41) is 3.58. The first-order valence-corrected chi connectivity index (χ1v) is 5.97. The molecule has 0 unspecified atom stereocenters. The molecule has 0 spiro atoms. The van der Waals surface area contributed by atoms with Gasteiger partial charge in [0.1, 0.15) is 5.65 Å². The van der Waals surface area contributed by atoms with E-state index in [4.69, 9.17) is 0 Å². The zero-order chi connectivity index (χ0) is 11.0. The minimum atomic E-state index is 0.712. The maximum Gasteiger partial charge on any atom is 0.136 e. The van der Waals surface area contributed by atoms with Crippen molar-refractivity contribution in [2.75, 3.05) is 0 Å². The van der Waals surface area contributed by atoms with E-state index in [1.54, 1.807) is 0 Å². The molecule has 0 radical (unpaired) electrons. The Bertz CT molecular complexity index is 483. The molecule has 1 fully saturated rings. The topological polar surface area (TPSA) is 29.3 Å². The van der Waals surface area contributed by atoms with E-state index in [9.17, 15) is 0 Å². The van der Waals surface area contributed by atoms with E-state index in [1.807, 2.05) is 24.4 Å². The normalized spacial score (nSPS) is 24.6. The number of nitrogens with zero attached hydrogens (tertiary/aromatic N) is 2. The zero-order valence-electron chi connectivity index (χ0n) is 9.56. The van der Waals surface area contributed by atoms with Gasteiger partial charge in [0.15, 0.2) is 0 Å². The fourth-order valence-corrected chi connectivity index (χ4v) is 2.43. The SMILES string of the molecule is CC1CC(NCc2cnc3ccccn23)C1. The Balaban J connectivity index is 1.70. The molecule has 3 heteroatoms. The predicted octanol–water partition coefficient (Wildman–Crippen LogP) is 2.22. The number of rotatable bonds is 3. The molecule has 0 amide bonds. The second-order valence-electron chi connectivity index (χ2n) is 4.83. The Morgan fingerprint density at radius 3 is 3.12 bits per heavy atom. The average molecular weight is 215 g/mol. The lowest BCUT2D eigenvalue weighted by Crippen LogP contribution is -2.39. The van der Waals surface area contributed by atoms with Crippen LogP contribution in [0.4, 0.5) is 0 Å². The number of hydrogen-bond donors (Lipinski definition) is 1. The van der Waals surface area contributed by atoms with E-state index in [2.05, 4.69) is 27.8 Å². The van der Waals surface area contributed by atoms with Crippen LogP contribution in [0, 0.1) is 5.92 Å². The van der Waals surface area contributed by atoms with Crippen molar-refractivity contribution in [1.29, 1.82) is 0 Å². The average Bonchev–Trinajstić information content (AvgIpc) is 2.66. The van der Waals surface area contributed by atoms with Crippen LogP contribution >= 0.6 is 0 Å². The molecule has 0 atom stereocenters. The molecule has 2 aromatic heterocycles. The predicted molar refractivity (Wildman–Crippen MR) is 64.2 cm³/mol. The molecule has 1 aliphatic rings. The summed E-state index contributed by atoms with van der Waals surface area (Å²) in [5.41, 5.74) is 2.27. The van der Waals surface area contributed by atoms with Gasteiger partial charge in [-0.15, -0.1) is 0 Å². The van der Waals surface area contributed by atoms with Gasteiger partial charge in [-0.25, -0.2) is 4.98 Å². The quantitative estimate of drug-likeness (QED) is 0.850. The van der Waals surface area contributed by atoms with Crippen molar-refractivity contribution in [3.8, 4) is 0 Å². The van der Waals surface area contributed by atoms with Crippen molar-refractivity contribution < 1.29 is 0 Å². The zero-order valence-corrected chi connectivity index (χ0v) is 9.56. The molecular formula is C13H17N3. The lowest BCUT2D eigenvalue weighted by atomic mass is 9.82. The number of hydrogen-bond acceptors (Lipinski definition) is 2. The summed E-state index contributed by atoms with van der Waals surface area (Å²) in [6, 6.07) is 6.82. The van der Waals surface area contributed by atoms with Gasteiger partial charge in [-0.1, -0.05) is 13.0 Å². The number of nitrogens with one attached hydrogen (secondary N) is 1. The smallest absolute Gasteiger partial charge is 0.136 e. The van der Waals surface area contributed by atoms with Gasteiger partial charge in [0.2, 0.25) is 0 Å². The molecule has 2 aromatic rings. The van der Waals surface area contributed by atoms with Gasteiger partial charge < -0.3 is 9.72 Å². The van der Waals surface area contributed by atoms with Gasteiger partial charge in [-0.2, -0.15) is 0 Å². The molecule has 16 heavy (non-hydrogen) atoms. The van der Waals surface area contributed by atoms with Crippen LogP contribution in [0.1, 0.15) is 25.5 Å². The van der Waals surface area contributed by atoms with Crippen LogP contribution in [0.15, 0.2) is 30.6 Å². The van der Waals surface area contributed by atoms with E-state index in [0.717, 1.165) is 18.1 Å². The van der Waals surface area contributed by atoms with Crippen LogP contribution in [0.2, 0.25) is 0 Å². The number of fused-ring (bicyclic) bond motifs is 1. The van der Waals surface area contributed by atoms with Crippen LogP contribution in [-0.4, -0.2) is 15.4 Å². The molecule has 3 nitrogen and oxygen atoms in total. The summed E-state index contributed by atoms with van der Waals surface area (Å²) >= 11 is 0. The van der Waals surface area contributed by atoms with E-state index in [1.165, 1.54) is 18.5 Å². The summed E-state index contributed by atoms with van der Waals surface area (Å²) in [4.78, 5) is 4.38. The first-order valence-electron chi connectivity index (χ1n) is 5.97. The molecule has 0 saturated heterocycles. The molecule has 0 aromatic carbocycles. The molecule has 2 heterocycles. The molecule has 3 rings (SSSR count). The molecule has 1 saturated carbocycles. The molecule has 0 aliphatic heterocycles. The van der Waals surface area contributed by atoms with Crippen LogP contribution < -0.4 is 5.32 Å². The van der Waals surface area contributed by atoms with Crippen LogP contribution in [-0.2, 0) is 6.54 Å². The monoisotopic (exact) mass is 215 g/mol. The van der Waals surface area contributed by atoms with E-state index < -0.39 is 0 Å². The van der Waals surface area contributed by atoms with Gasteiger partial charge in [-0.3, -0.25) is 0 Å². The lowest BCUT2D eigenvalue weighted by molar-refractivity contribution is 0.239. The molecule has 1 aliphatic carbocycles. The lowest BCUT2D eigenvalue weighted by Gasteiger charge is -2.33. The standard InChI is InChI=1S/C13H17N3/c1-10-6-11(7-10)14-8-12-9-15-13-4-2-3-5-16(12)13/h2-5,9-11,14H,6-8H2,1H3.